The summed E-state index contributed by atoms with van der Waals surface area (Å²) in [5.74, 6) is 0. The third-order valence-corrected chi connectivity index (χ3v) is 9.55. The van der Waals surface area contributed by atoms with Crippen LogP contribution in [0.3, 0.4) is 0 Å². The number of rotatable bonds is 6. The number of ether oxygens (including phenoxy) is 1. The Balaban J connectivity index is 2.37. The molecule has 0 bridgehead atoms. The fraction of sp³-hybridized carbons (Fsp3) is 1.00. The van der Waals surface area contributed by atoms with Crippen molar-refractivity contribution in [1.82, 2.24) is 10.2 Å². The maximum atomic E-state index is 6.18. The smallest absolute Gasteiger partial charge is 0.372 e. The van der Waals surface area contributed by atoms with E-state index in [1.807, 2.05) is 21.3 Å². The van der Waals surface area contributed by atoms with Gasteiger partial charge in [0.1, 0.15) is 5.22 Å². The largest absolute Gasteiger partial charge is 0.396 e. The van der Waals surface area contributed by atoms with Gasteiger partial charge in [-0.15, -0.1) is 0 Å². The lowest BCUT2D eigenvalue weighted by molar-refractivity contribution is -0.0691. The molecule has 2 unspecified atom stereocenters. The zero-order valence-electron chi connectivity index (χ0n) is 13.4. The summed E-state index contributed by atoms with van der Waals surface area (Å²) in [6.07, 6.45) is 4.45. The highest BCUT2D eigenvalue weighted by molar-refractivity contribution is 6.71. The molecule has 2 aliphatic rings. The fourth-order valence-electron chi connectivity index (χ4n) is 4.25. The van der Waals surface area contributed by atoms with Crippen molar-refractivity contribution >= 4 is 8.56 Å². The molecule has 2 atom stereocenters. The van der Waals surface area contributed by atoms with E-state index in [1.165, 1.54) is 12.8 Å². The van der Waals surface area contributed by atoms with E-state index in [0.29, 0.717) is 6.04 Å². The first-order valence-corrected chi connectivity index (χ1v) is 9.82. The van der Waals surface area contributed by atoms with Crippen LogP contribution in [0.2, 0.25) is 6.04 Å². The van der Waals surface area contributed by atoms with E-state index in [2.05, 4.69) is 17.1 Å². The number of hydrogen-bond acceptors (Lipinski definition) is 5. The van der Waals surface area contributed by atoms with Crippen LogP contribution < -0.4 is 5.32 Å². The molecule has 118 valence electrons. The second-order valence-corrected chi connectivity index (χ2v) is 9.55. The quantitative estimate of drug-likeness (QED) is 0.753. The number of nitrogens with zero attached hydrogens (tertiary/aromatic N) is 1. The lowest BCUT2D eigenvalue weighted by Crippen LogP contribution is -2.73. The normalized spacial score (nSPS) is 34.5. The maximum Gasteiger partial charge on any atom is 0.372 e. The van der Waals surface area contributed by atoms with Gasteiger partial charge in [-0.25, -0.2) is 0 Å². The predicted octanol–water partition coefficient (Wildman–Crippen LogP) is 1.47. The Bertz CT molecular complexity index is 309. The lowest BCUT2D eigenvalue weighted by atomic mass is 9.98. The summed E-state index contributed by atoms with van der Waals surface area (Å²) in [5, 5.41) is 3.19. The predicted molar refractivity (Wildman–Crippen MR) is 81.8 cm³/mol. The van der Waals surface area contributed by atoms with Gasteiger partial charge in [0.2, 0.25) is 0 Å². The topological polar surface area (TPSA) is 43.0 Å². The molecule has 2 aliphatic heterocycles. The highest BCUT2D eigenvalue weighted by atomic mass is 28.4. The molecule has 2 saturated heterocycles. The first kappa shape index (κ1) is 16.4. The summed E-state index contributed by atoms with van der Waals surface area (Å²) in [4.78, 5) is 2.53. The molecule has 2 heterocycles. The van der Waals surface area contributed by atoms with E-state index in [4.69, 9.17) is 13.6 Å². The Labute approximate surface area is 124 Å². The molecular weight excluding hydrogens is 272 g/mol. The Hall–Kier alpha value is 0.0169. The molecule has 0 radical (unpaired) electrons. The van der Waals surface area contributed by atoms with Crippen molar-refractivity contribution in [3.63, 3.8) is 0 Å². The van der Waals surface area contributed by atoms with Gasteiger partial charge in [0.25, 0.3) is 0 Å². The average molecular weight is 302 g/mol. The minimum Gasteiger partial charge on any atom is -0.396 e. The molecule has 6 heteroatoms. The second-order valence-electron chi connectivity index (χ2n) is 5.88. The molecule has 0 aliphatic carbocycles. The molecule has 5 nitrogen and oxygen atoms in total. The van der Waals surface area contributed by atoms with Crippen LogP contribution in [0.15, 0.2) is 0 Å². The summed E-state index contributed by atoms with van der Waals surface area (Å²) in [6, 6.07) is 1.44. The molecule has 0 aromatic carbocycles. The highest BCUT2D eigenvalue weighted by Gasteiger charge is 2.64. The molecule has 0 spiro atoms. The van der Waals surface area contributed by atoms with Gasteiger partial charge < -0.3 is 18.9 Å². The van der Waals surface area contributed by atoms with Gasteiger partial charge in [-0.1, -0.05) is 13.3 Å². The molecule has 0 amide bonds. The lowest BCUT2D eigenvalue weighted by Gasteiger charge is -2.54. The van der Waals surface area contributed by atoms with Crippen molar-refractivity contribution in [2.75, 3.05) is 41.1 Å². The monoisotopic (exact) mass is 302 g/mol. The molecular formula is C14H30N2O3Si. The standard InChI is InChI=1S/C14H30N2O3Si/c1-5-8-14(17-2)13(16-10-9-15-12-16)7-6-11-20(14,18-3)19-4/h13,15H,5-12H2,1-4H3. The maximum absolute atomic E-state index is 6.18. The Morgan fingerprint density at radius 3 is 2.55 bits per heavy atom. The van der Waals surface area contributed by atoms with Gasteiger partial charge in [-0.2, -0.15) is 0 Å². The van der Waals surface area contributed by atoms with Crippen molar-refractivity contribution in [1.29, 1.82) is 0 Å². The van der Waals surface area contributed by atoms with Gasteiger partial charge in [0.15, 0.2) is 0 Å². The van der Waals surface area contributed by atoms with Crippen LogP contribution in [-0.4, -0.2) is 65.8 Å². The summed E-state index contributed by atoms with van der Waals surface area (Å²) < 4.78 is 18.2. The van der Waals surface area contributed by atoms with Gasteiger partial charge in [-0.3, -0.25) is 4.90 Å². The molecule has 20 heavy (non-hydrogen) atoms. The highest BCUT2D eigenvalue weighted by Crippen LogP contribution is 2.45. The van der Waals surface area contributed by atoms with Crippen LogP contribution in [0.1, 0.15) is 32.6 Å². The number of hydrogen-bond donors (Lipinski definition) is 1. The molecule has 0 aromatic rings. The molecule has 1 N–H and O–H groups in total. The van der Waals surface area contributed by atoms with E-state index in [0.717, 1.165) is 38.6 Å². The van der Waals surface area contributed by atoms with E-state index in [-0.39, 0.29) is 5.22 Å². The van der Waals surface area contributed by atoms with Gasteiger partial charge >= 0.3 is 8.56 Å². The van der Waals surface area contributed by atoms with E-state index >= 15 is 0 Å². The molecule has 0 saturated carbocycles. The van der Waals surface area contributed by atoms with Crippen LogP contribution in [0.25, 0.3) is 0 Å². The first-order valence-electron chi connectivity index (χ1n) is 7.80. The van der Waals surface area contributed by atoms with Crippen LogP contribution in [-0.2, 0) is 13.6 Å². The van der Waals surface area contributed by atoms with E-state index < -0.39 is 8.56 Å². The SMILES string of the molecule is CCCC1(OC)C(N2CCNC2)CCC[Si]1(OC)OC. The first-order chi connectivity index (χ1) is 9.69. The average Bonchev–Trinajstić information content (AvgIpc) is 3.01. The molecule has 2 fully saturated rings. The Morgan fingerprint density at radius 1 is 1.30 bits per heavy atom. The summed E-state index contributed by atoms with van der Waals surface area (Å²) >= 11 is 0. The fourth-order valence-corrected chi connectivity index (χ4v) is 8.38. The van der Waals surface area contributed by atoms with Crippen LogP contribution in [0, 0.1) is 0 Å². The van der Waals surface area contributed by atoms with Crippen molar-refractivity contribution in [3.8, 4) is 0 Å². The van der Waals surface area contributed by atoms with E-state index in [9.17, 15) is 0 Å². The van der Waals surface area contributed by atoms with Crippen LogP contribution in [0.5, 0.6) is 0 Å². The zero-order valence-corrected chi connectivity index (χ0v) is 14.4. The van der Waals surface area contributed by atoms with Crippen molar-refractivity contribution in [2.24, 2.45) is 0 Å². The third kappa shape index (κ3) is 2.46. The summed E-state index contributed by atoms with van der Waals surface area (Å²) in [5.41, 5.74) is 0. The van der Waals surface area contributed by atoms with E-state index in [1.54, 1.807) is 0 Å². The summed E-state index contributed by atoms with van der Waals surface area (Å²) in [7, 11) is 3.11. The van der Waals surface area contributed by atoms with Gasteiger partial charge in [0.05, 0.1) is 0 Å². The number of nitrogens with one attached hydrogen (secondary N) is 1. The Morgan fingerprint density at radius 2 is 2.05 bits per heavy atom. The third-order valence-electron chi connectivity index (χ3n) is 5.14. The van der Waals surface area contributed by atoms with Crippen molar-refractivity contribution < 1.29 is 13.6 Å². The zero-order chi connectivity index (χ0) is 14.6. The van der Waals surface area contributed by atoms with Crippen LogP contribution in [0.4, 0.5) is 0 Å². The summed E-state index contributed by atoms with van der Waals surface area (Å²) in [6.45, 7) is 5.34. The second kappa shape index (κ2) is 6.85. The number of methoxy groups -OCH3 is 1. The van der Waals surface area contributed by atoms with Gasteiger partial charge in [-0.05, 0) is 25.3 Å². The minimum atomic E-state index is -2.35. The molecule has 0 aromatic heterocycles. The van der Waals surface area contributed by atoms with Crippen LogP contribution >= 0.6 is 0 Å². The minimum absolute atomic E-state index is 0.254. The Kier molecular flexibility index (Phi) is 5.61. The van der Waals surface area contributed by atoms with Crippen molar-refractivity contribution in [3.05, 3.63) is 0 Å². The van der Waals surface area contributed by atoms with Gasteiger partial charge in [0, 0.05) is 47.1 Å². The molecule has 2 rings (SSSR count). The van der Waals surface area contributed by atoms with Crippen molar-refractivity contribution in [2.45, 2.75) is 49.9 Å².